The SMILES string of the molecule is Cc1cccc(NC(=O)CSCC(=O)NNC(=O)c2ccc(S(=O)(=O)N3CCCC3)cc2)c1. The normalized spacial score (nSPS) is 14.0. The number of rotatable bonds is 8. The number of nitrogens with zero attached hydrogens (tertiary/aromatic N) is 1. The average molecular weight is 491 g/mol. The van der Waals surface area contributed by atoms with Crippen LogP contribution >= 0.6 is 11.8 Å². The molecule has 0 unspecified atom stereocenters. The lowest BCUT2D eigenvalue weighted by atomic mass is 10.2. The number of hydrazine groups is 1. The highest BCUT2D eigenvalue weighted by molar-refractivity contribution is 8.00. The Labute approximate surface area is 197 Å². The van der Waals surface area contributed by atoms with Crippen molar-refractivity contribution in [3.8, 4) is 0 Å². The third-order valence-corrected chi connectivity index (χ3v) is 7.75. The van der Waals surface area contributed by atoms with Crippen LogP contribution in [0.25, 0.3) is 0 Å². The van der Waals surface area contributed by atoms with Gasteiger partial charge in [0, 0.05) is 24.3 Å². The van der Waals surface area contributed by atoms with Crippen LogP contribution in [0.3, 0.4) is 0 Å². The van der Waals surface area contributed by atoms with Gasteiger partial charge < -0.3 is 5.32 Å². The first-order valence-electron chi connectivity index (χ1n) is 10.4. The number of sulfonamides is 1. The van der Waals surface area contributed by atoms with E-state index >= 15 is 0 Å². The minimum Gasteiger partial charge on any atom is -0.325 e. The number of anilines is 1. The number of carbonyl (C=O) groups is 3. The topological polar surface area (TPSA) is 125 Å². The maximum Gasteiger partial charge on any atom is 0.269 e. The maximum absolute atomic E-state index is 12.5. The zero-order valence-electron chi connectivity index (χ0n) is 18.2. The van der Waals surface area contributed by atoms with E-state index in [0.717, 1.165) is 30.2 Å². The quantitative estimate of drug-likeness (QED) is 0.486. The van der Waals surface area contributed by atoms with Gasteiger partial charge in [-0.1, -0.05) is 12.1 Å². The van der Waals surface area contributed by atoms with Gasteiger partial charge in [0.05, 0.1) is 16.4 Å². The largest absolute Gasteiger partial charge is 0.325 e. The molecular weight excluding hydrogens is 464 g/mol. The van der Waals surface area contributed by atoms with Crippen LogP contribution < -0.4 is 16.2 Å². The van der Waals surface area contributed by atoms with Crippen LogP contribution in [0, 0.1) is 6.92 Å². The molecule has 0 atom stereocenters. The van der Waals surface area contributed by atoms with Crippen molar-refractivity contribution in [3.05, 3.63) is 59.7 Å². The summed E-state index contributed by atoms with van der Waals surface area (Å²) in [4.78, 5) is 36.2. The minimum atomic E-state index is -3.55. The fourth-order valence-electron chi connectivity index (χ4n) is 3.25. The molecule has 11 heteroatoms. The Bertz CT molecular complexity index is 1110. The molecule has 1 aliphatic rings. The summed E-state index contributed by atoms with van der Waals surface area (Å²) in [6, 6.07) is 13.0. The molecule has 0 radical (unpaired) electrons. The van der Waals surface area contributed by atoms with E-state index in [1.807, 2.05) is 25.1 Å². The Balaban J connectivity index is 1.40. The lowest BCUT2D eigenvalue weighted by Gasteiger charge is -2.15. The Morgan fingerprint density at radius 3 is 2.27 bits per heavy atom. The third-order valence-electron chi connectivity index (χ3n) is 4.90. The second kappa shape index (κ2) is 11.3. The average Bonchev–Trinajstić information content (AvgIpc) is 3.33. The molecule has 2 aromatic rings. The van der Waals surface area contributed by atoms with Gasteiger partial charge in [0.15, 0.2) is 0 Å². The van der Waals surface area contributed by atoms with E-state index in [1.54, 1.807) is 6.07 Å². The second-order valence-electron chi connectivity index (χ2n) is 7.55. The Morgan fingerprint density at radius 2 is 1.61 bits per heavy atom. The van der Waals surface area contributed by atoms with Crippen LogP contribution in [0.2, 0.25) is 0 Å². The molecule has 1 saturated heterocycles. The highest BCUT2D eigenvalue weighted by Crippen LogP contribution is 2.21. The first kappa shape index (κ1) is 24.7. The summed E-state index contributed by atoms with van der Waals surface area (Å²) >= 11 is 1.11. The van der Waals surface area contributed by atoms with E-state index in [2.05, 4.69) is 16.2 Å². The number of nitrogens with one attached hydrogen (secondary N) is 3. The molecule has 3 amide bonds. The number of hydrogen-bond acceptors (Lipinski definition) is 6. The molecule has 1 aliphatic heterocycles. The molecule has 3 N–H and O–H groups in total. The predicted molar refractivity (Wildman–Crippen MR) is 127 cm³/mol. The van der Waals surface area contributed by atoms with E-state index in [4.69, 9.17) is 0 Å². The van der Waals surface area contributed by atoms with Crippen LogP contribution in [-0.4, -0.2) is 55.0 Å². The Morgan fingerprint density at radius 1 is 0.939 bits per heavy atom. The fourth-order valence-corrected chi connectivity index (χ4v) is 5.38. The number of amides is 3. The molecule has 0 bridgehead atoms. The molecule has 33 heavy (non-hydrogen) atoms. The molecule has 9 nitrogen and oxygen atoms in total. The van der Waals surface area contributed by atoms with Crippen LogP contribution in [0.4, 0.5) is 5.69 Å². The van der Waals surface area contributed by atoms with Crippen LogP contribution in [-0.2, 0) is 19.6 Å². The lowest BCUT2D eigenvalue weighted by molar-refractivity contribution is -0.119. The zero-order chi connectivity index (χ0) is 23.8. The van der Waals surface area contributed by atoms with Crippen molar-refractivity contribution in [2.24, 2.45) is 0 Å². The van der Waals surface area contributed by atoms with Gasteiger partial charge in [0.25, 0.3) is 5.91 Å². The number of aryl methyl sites for hydroxylation is 1. The second-order valence-corrected chi connectivity index (χ2v) is 10.5. The lowest BCUT2D eigenvalue weighted by Crippen LogP contribution is -2.42. The van der Waals surface area contributed by atoms with Crippen LogP contribution in [0.15, 0.2) is 53.4 Å². The van der Waals surface area contributed by atoms with Crippen molar-refractivity contribution in [2.75, 3.05) is 29.9 Å². The Hall–Kier alpha value is -2.89. The highest BCUT2D eigenvalue weighted by atomic mass is 32.2. The van der Waals surface area contributed by atoms with Crippen molar-refractivity contribution < 1.29 is 22.8 Å². The summed E-state index contributed by atoms with van der Waals surface area (Å²) in [6.45, 7) is 2.93. The monoisotopic (exact) mass is 490 g/mol. The molecule has 0 spiro atoms. The number of hydrogen-bond donors (Lipinski definition) is 3. The standard InChI is InChI=1S/C22H26N4O5S2/c1-16-5-4-6-18(13-16)23-20(27)14-32-15-21(28)24-25-22(29)17-7-9-19(10-8-17)33(30,31)26-11-2-3-12-26/h4-10,13H,2-3,11-12,14-15H2,1H3,(H,23,27)(H,24,28)(H,25,29). The van der Waals surface area contributed by atoms with E-state index in [9.17, 15) is 22.8 Å². The van der Waals surface area contributed by atoms with Crippen molar-refractivity contribution in [2.45, 2.75) is 24.7 Å². The van der Waals surface area contributed by atoms with Gasteiger partial charge >= 0.3 is 0 Å². The molecular formula is C22H26N4O5S2. The molecule has 3 rings (SSSR count). The predicted octanol–water partition coefficient (Wildman–Crippen LogP) is 1.91. The van der Waals surface area contributed by atoms with Gasteiger partial charge in [0.1, 0.15) is 0 Å². The van der Waals surface area contributed by atoms with Gasteiger partial charge in [-0.15, -0.1) is 11.8 Å². The van der Waals surface area contributed by atoms with E-state index < -0.39 is 21.8 Å². The molecule has 0 aromatic heterocycles. The van der Waals surface area contributed by atoms with Crippen molar-refractivity contribution in [1.29, 1.82) is 0 Å². The van der Waals surface area contributed by atoms with Gasteiger partial charge in [-0.2, -0.15) is 4.31 Å². The zero-order valence-corrected chi connectivity index (χ0v) is 19.8. The summed E-state index contributed by atoms with van der Waals surface area (Å²) in [5, 5.41) is 2.75. The van der Waals surface area contributed by atoms with Crippen LogP contribution in [0.1, 0.15) is 28.8 Å². The highest BCUT2D eigenvalue weighted by Gasteiger charge is 2.27. The van der Waals surface area contributed by atoms with Crippen molar-refractivity contribution in [3.63, 3.8) is 0 Å². The molecule has 0 aliphatic carbocycles. The van der Waals surface area contributed by atoms with Crippen molar-refractivity contribution >= 4 is 45.2 Å². The molecule has 176 valence electrons. The summed E-state index contributed by atoms with van der Waals surface area (Å²) in [5.74, 6) is -1.21. The smallest absolute Gasteiger partial charge is 0.269 e. The van der Waals surface area contributed by atoms with Gasteiger partial charge in [-0.3, -0.25) is 25.2 Å². The third kappa shape index (κ3) is 7.04. The first-order chi connectivity index (χ1) is 15.8. The number of carbonyl (C=O) groups excluding carboxylic acids is 3. The number of benzene rings is 2. The summed E-state index contributed by atoms with van der Waals surface area (Å²) in [5.41, 5.74) is 6.49. The maximum atomic E-state index is 12.5. The Kier molecular flexibility index (Phi) is 8.48. The number of thioether (sulfide) groups is 1. The summed E-state index contributed by atoms with van der Waals surface area (Å²) < 4.78 is 26.5. The van der Waals surface area contributed by atoms with Crippen molar-refractivity contribution in [1.82, 2.24) is 15.2 Å². The molecule has 1 fully saturated rings. The minimum absolute atomic E-state index is 0.0193. The van der Waals surface area contributed by atoms with E-state index in [0.29, 0.717) is 18.8 Å². The molecule has 1 heterocycles. The van der Waals surface area contributed by atoms with Gasteiger partial charge in [0.2, 0.25) is 21.8 Å². The first-order valence-corrected chi connectivity index (χ1v) is 13.0. The van der Waals surface area contributed by atoms with E-state index in [1.165, 1.54) is 28.6 Å². The molecule has 2 aromatic carbocycles. The summed E-state index contributed by atoms with van der Waals surface area (Å²) in [7, 11) is -3.55. The van der Waals surface area contributed by atoms with Gasteiger partial charge in [-0.25, -0.2) is 8.42 Å². The molecule has 0 saturated carbocycles. The van der Waals surface area contributed by atoms with Crippen LogP contribution in [0.5, 0.6) is 0 Å². The fraction of sp³-hybridized carbons (Fsp3) is 0.318. The van der Waals surface area contributed by atoms with Gasteiger partial charge in [-0.05, 0) is 61.7 Å². The van der Waals surface area contributed by atoms with E-state index in [-0.39, 0.29) is 27.9 Å². The summed E-state index contributed by atoms with van der Waals surface area (Å²) in [6.07, 6.45) is 1.68.